The van der Waals surface area contributed by atoms with Crippen LogP contribution in [0.1, 0.15) is 53.4 Å². The number of carbonyl (C=O) groups is 1. The van der Waals surface area contributed by atoms with Gasteiger partial charge in [-0.25, -0.2) is 0 Å². The highest BCUT2D eigenvalue weighted by Crippen LogP contribution is 2.40. The Balaban J connectivity index is 2.13. The molecule has 0 spiro atoms. The van der Waals surface area contributed by atoms with Crippen molar-refractivity contribution in [2.75, 3.05) is 13.2 Å². The molecule has 17 heavy (non-hydrogen) atoms. The largest absolute Gasteiger partial charge is 0.466 e. The van der Waals surface area contributed by atoms with Gasteiger partial charge in [0.1, 0.15) is 0 Å². The molecule has 0 radical (unpaired) electrons. The Kier molecular flexibility index (Phi) is 5.44. The van der Waals surface area contributed by atoms with Crippen LogP contribution in [0.5, 0.6) is 0 Å². The van der Waals surface area contributed by atoms with Crippen molar-refractivity contribution in [1.29, 1.82) is 0 Å². The SMILES string of the molecule is CCOC(=O)CCCNC1CC(C)(C)CC1C. The number of hydrogen-bond donors (Lipinski definition) is 1. The quantitative estimate of drug-likeness (QED) is 0.574. The van der Waals surface area contributed by atoms with E-state index in [1.165, 1.54) is 12.8 Å². The van der Waals surface area contributed by atoms with Gasteiger partial charge in [-0.1, -0.05) is 20.8 Å². The van der Waals surface area contributed by atoms with E-state index in [1.54, 1.807) is 0 Å². The third-order valence-corrected chi connectivity index (χ3v) is 3.60. The maximum Gasteiger partial charge on any atom is 0.305 e. The van der Waals surface area contributed by atoms with Gasteiger partial charge in [-0.05, 0) is 44.1 Å². The van der Waals surface area contributed by atoms with Crippen LogP contribution in [0.4, 0.5) is 0 Å². The van der Waals surface area contributed by atoms with E-state index in [4.69, 9.17) is 4.74 Å². The Hall–Kier alpha value is -0.570. The van der Waals surface area contributed by atoms with E-state index in [2.05, 4.69) is 26.1 Å². The number of nitrogens with one attached hydrogen (secondary N) is 1. The van der Waals surface area contributed by atoms with E-state index in [1.807, 2.05) is 6.92 Å². The lowest BCUT2D eigenvalue weighted by atomic mass is 9.91. The summed E-state index contributed by atoms with van der Waals surface area (Å²) in [5, 5.41) is 3.58. The fraction of sp³-hybridized carbons (Fsp3) is 0.929. The van der Waals surface area contributed by atoms with Crippen LogP contribution in [0.2, 0.25) is 0 Å². The van der Waals surface area contributed by atoms with Crippen LogP contribution in [-0.2, 0) is 9.53 Å². The molecular formula is C14H27NO2. The molecule has 100 valence electrons. The lowest BCUT2D eigenvalue weighted by Crippen LogP contribution is -2.32. The average Bonchev–Trinajstić information content (AvgIpc) is 2.47. The van der Waals surface area contributed by atoms with Crippen molar-refractivity contribution < 1.29 is 9.53 Å². The van der Waals surface area contributed by atoms with E-state index in [0.29, 0.717) is 24.5 Å². The summed E-state index contributed by atoms with van der Waals surface area (Å²) in [6, 6.07) is 0.618. The van der Waals surface area contributed by atoms with Crippen LogP contribution >= 0.6 is 0 Å². The first-order valence-corrected chi connectivity index (χ1v) is 6.83. The Morgan fingerprint density at radius 3 is 2.65 bits per heavy atom. The fourth-order valence-corrected chi connectivity index (χ4v) is 2.92. The molecule has 0 aromatic heterocycles. The van der Waals surface area contributed by atoms with Crippen molar-refractivity contribution in [2.24, 2.45) is 11.3 Å². The minimum Gasteiger partial charge on any atom is -0.466 e. The van der Waals surface area contributed by atoms with Gasteiger partial charge in [-0.3, -0.25) is 4.79 Å². The molecule has 3 nitrogen and oxygen atoms in total. The second-order valence-electron chi connectivity index (χ2n) is 6.02. The highest BCUT2D eigenvalue weighted by molar-refractivity contribution is 5.69. The monoisotopic (exact) mass is 241 g/mol. The average molecular weight is 241 g/mol. The van der Waals surface area contributed by atoms with Gasteiger partial charge >= 0.3 is 5.97 Å². The number of esters is 1. The molecule has 0 aliphatic heterocycles. The molecule has 2 atom stereocenters. The van der Waals surface area contributed by atoms with Gasteiger partial charge in [0.2, 0.25) is 0 Å². The topological polar surface area (TPSA) is 38.3 Å². The third kappa shape index (κ3) is 5.07. The molecular weight excluding hydrogens is 214 g/mol. The van der Waals surface area contributed by atoms with Crippen molar-refractivity contribution in [3.05, 3.63) is 0 Å². The smallest absolute Gasteiger partial charge is 0.305 e. The van der Waals surface area contributed by atoms with Crippen molar-refractivity contribution >= 4 is 5.97 Å². The van der Waals surface area contributed by atoms with Gasteiger partial charge in [0.15, 0.2) is 0 Å². The molecule has 0 heterocycles. The first-order chi connectivity index (χ1) is 7.94. The first kappa shape index (κ1) is 14.5. The maximum atomic E-state index is 11.2. The minimum absolute atomic E-state index is 0.0749. The van der Waals surface area contributed by atoms with Crippen LogP contribution in [0.25, 0.3) is 0 Å². The molecule has 1 aliphatic rings. The lowest BCUT2D eigenvalue weighted by Gasteiger charge is -2.18. The van der Waals surface area contributed by atoms with E-state index in [-0.39, 0.29) is 5.97 Å². The number of rotatable bonds is 6. The molecule has 1 fully saturated rings. The van der Waals surface area contributed by atoms with Crippen LogP contribution in [-0.4, -0.2) is 25.2 Å². The van der Waals surface area contributed by atoms with Crippen LogP contribution < -0.4 is 5.32 Å². The predicted octanol–water partition coefficient (Wildman–Crippen LogP) is 2.74. The van der Waals surface area contributed by atoms with Gasteiger partial charge in [-0.15, -0.1) is 0 Å². The lowest BCUT2D eigenvalue weighted by molar-refractivity contribution is -0.143. The third-order valence-electron chi connectivity index (χ3n) is 3.60. The van der Waals surface area contributed by atoms with Crippen molar-refractivity contribution in [1.82, 2.24) is 5.32 Å². The van der Waals surface area contributed by atoms with E-state index in [0.717, 1.165) is 18.9 Å². The van der Waals surface area contributed by atoms with E-state index in [9.17, 15) is 4.79 Å². The Morgan fingerprint density at radius 2 is 2.12 bits per heavy atom. The fourth-order valence-electron chi connectivity index (χ4n) is 2.92. The van der Waals surface area contributed by atoms with Crippen molar-refractivity contribution in [2.45, 2.75) is 59.4 Å². The number of hydrogen-bond acceptors (Lipinski definition) is 3. The summed E-state index contributed by atoms with van der Waals surface area (Å²) in [6.45, 7) is 10.2. The maximum absolute atomic E-state index is 11.2. The Morgan fingerprint density at radius 1 is 1.41 bits per heavy atom. The molecule has 0 amide bonds. The molecule has 1 N–H and O–H groups in total. The molecule has 0 aromatic rings. The summed E-state index contributed by atoms with van der Waals surface area (Å²) < 4.78 is 4.90. The second kappa shape index (κ2) is 6.39. The second-order valence-corrected chi connectivity index (χ2v) is 6.02. The number of ether oxygens (including phenoxy) is 1. The van der Waals surface area contributed by atoms with Crippen LogP contribution in [0.3, 0.4) is 0 Å². The van der Waals surface area contributed by atoms with Crippen LogP contribution in [0.15, 0.2) is 0 Å². The molecule has 1 aliphatic carbocycles. The molecule has 2 unspecified atom stereocenters. The molecule has 0 saturated heterocycles. The Bertz CT molecular complexity index is 251. The normalized spacial score (nSPS) is 27.1. The number of carbonyl (C=O) groups excluding carboxylic acids is 1. The predicted molar refractivity (Wildman–Crippen MR) is 69.8 cm³/mol. The summed E-state index contributed by atoms with van der Waals surface area (Å²) in [5.41, 5.74) is 0.470. The van der Waals surface area contributed by atoms with Gasteiger partial charge in [0.25, 0.3) is 0 Å². The van der Waals surface area contributed by atoms with Gasteiger partial charge < -0.3 is 10.1 Å². The van der Waals surface area contributed by atoms with Gasteiger partial charge in [-0.2, -0.15) is 0 Å². The van der Waals surface area contributed by atoms with Crippen LogP contribution in [0, 0.1) is 11.3 Å². The summed E-state index contributed by atoms with van der Waals surface area (Å²) in [7, 11) is 0. The Labute approximate surface area is 105 Å². The molecule has 3 heteroatoms. The first-order valence-electron chi connectivity index (χ1n) is 6.83. The van der Waals surface area contributed by atoms with Crippen molar-refractivity contribution in [3.8, 4) is 0 Å². The molecule has 0 aromatic carbocycles. The van der Waals surface area contributed by atoms with Gasteiger partial charge in [0.05, 0.1) is 6.61 Å². The summed E-state index contributed by atoms with van der Waals surface area (Å²) in [6.07, 6.45) is 3.95. The molecule has 1 rings (SSSR count). The van der Waals surface area contributed by atoms with Gasteiger partial charge in [0, 0.05) is 12.5 Å². The standard InChI is InChI=1S/C14H27NO2/c1-5-17-13(16)7-6-8-15-12-10-14(3,4)9-11(12)2/h11-12,15H,5-10H2,1-4H3. The highest BCUT2D eigenvalue weighted by Gasteiger charge is 2.35. The minimum atomic E-state index is -0.0749. The van der Waals surface area contributed by atoms with E-state index < -0.39 is 0 Å². The van der Waals surface area contributed by atoms with Crippen molar-refractivity contribution in [3.63, 3.8) is 0 Å². The molecule has 1 saturated carbocycles. The zero-order valence-corrected chi connectivity index (χ0v) is 11.7. The summed E-state index contributed by atoms with van der Waals surface area (Å²) in [5.74, 6) is 0.668. The van der Waals surface area contributed by atoms with E-state index >= 15 is 0 Å². The summed E-state index contributed by atoms with van der Waals surface area (Å²) >= 11 is 0. The highest BCUT2D eigenvalue weighted by atomic mass is 16.5. The summed E-state index contributed by atoms with van der Waals surface area (Å²) in [4.78, 5) is 11.2. The molecule has 0 bridgehead atoms. The zero-order chi connectivity index (χ0) is 12.9. The zero-order valence-electron chi connectivity index (χ0n) is 11.7.